The fraction of sp³-hybridized carbons (Fsp3) is 0.0714. The maximum Gasteiger partial charge on any atom is 0.293 e. The van der Waals surface area contributed by atoms with E-state index in [1.165, 1.54) is 15.7 Å². The van der Waals surface area contributed by atoms with Gasteiger partial charge in [-0.05, 0) is 51.9 Å². The molecule has 0 aromatic heterocycles. The number of imide groups is 1. The molecule has 0 aliphatic carbocycles. The summed E-state index contributed by atoms with van der Waals surface area (Å²) >= 11 is 0.963. The standard InChI is InChI=1S/C28H21NO3S/c30-27-26(33-28(31)29(27)18-20-8-2-1-3-9-20)17-24-12-6-7-13-25(24)32-19-21-14-15-22-10-4-5-11-23(22)16-21/h1-17H,18-19H2/b26-17-. The van der Waals surface area contributed by atoms with Crippen molar-refractivity contribution in [1.82, 2.24) is 4.90 Å². The van der Waals surface area contributed by atoms with E-state index in [1.807, 2.05) is 66.7 Å². The van der Waals surface area contributed by atoms with Crippen LogP contribution in [0.4, 0.5) is 4.79 Å². The van der Waals surface area contributed by atoms with Crippen LogP contribution in [0.2, 0.25) is 0 Å². The Bertz CT molecular complexity index is 1360. The van der Waals surface area contributed by atoms with E-state index >= 15 is 0 Å². The summed E-state index contributed by atoms with van der Waals surface area (Å²) in [6.45, 7) is 0.675. The molecule has 0 unspecified atom stereocenters. The molecule has 4 nitrogen and oxygen atoms in total. The van der Waals surface area contributed by atoms with Crippen molar-refractivity contribution >= 4 is 39.8 Å². The number of ether oxygens (including phenoxy) is 1. The molecule has 5 rings (SSSR count). The first-order valence-electron chi connectivity index (χ1n) is 10.7. The minimum absolute atomic E-state index is 0.260. The van der Waals surface area contributed by atoms with Crippen molar-refractivity contribution in [3.8, 4) is 5.75 Å². The number of fused-ring (bicyclic) bond motifs is 1. The van der Waals surface area contributed by atoms with Crippen LogP contribution in [0.1, 0.15) is 16.7 Å². The molecule has 4 aromatic carbocycles. The zero-order valence-electron chi connectivity index (χ0n) is 17.8. The molecule has 1 aliphatic rings. The number of nitrogens with zero attached hydrogens (tertiary/aromatic N) is 1. The number of carbonyl (C=O) groups excluding carboxylic acids is 2. The van der Waals surface area contributed by atoms with Gasteiger partial charge in [-0.25, -0.2) is 0 Å². The third kappa shape index (κ3) is 4.69. The molecule has 0 saturated carbocycles. The van der Waals surface area contributed by atoms with Gasteiger partial charge in [0.2, 0.25) is 0 Å². The lowest BCUT2D eigenvalue weighted by atomic mass is 10.1. The average molecular weight is 452 g/mol. The zero-order valence-corrected chi connectivity index (χ0v) is 18.6. The highest BCUT2D eigenvalue weighted by Crippen LogP contribution is 2.35. The first-order chi connectivity index (χ1) is 16.2. The number of hydrogen-bond donors (Lipinski definition) is 0. The fourth-order valence-electron chi connectivity index (χ4n) is 3.76. The lowest BCUT2D eigenvalue weighted by Crippen LogP contribution is -2.27. The van der Waals surface area contributed by atoms with Crippen LogP contribution in [0.3, 0.4) is 0 Å². The molecule has 1 fully saturated rings. The van der Waals surface area contributed by atoms with E-state index in [2.05, 4.69) is 30.3 Å². The molecule has 5 heteroatoms. The number of amides is 2. The summed E-state index contributed by atoms with van der Waals surface area (Å²) in [5.74, 6) is 0.388. The van der Waals surface area contributed by atoms with Crippen LogP contribution in [0.25, 0.3) is 16.8 Å². The van der Waals surface area contributed by atoms with Gasteiger partial charge in [-0.1, -0.05) is 84.9 Å². The normalized spacial score (nSPS) is 14.9. The molecule has 0 N–H and O–H groups in total. The molecule has 162 valence electrons. The predicted molar refractivity (Wildman–Crippen MR) is 133 cm³/mol. The van der Waals surface area contributed by atoms with E-state index in [0.717, 1.165) is 28.5 Å². The van der Waals surface area contributed by atoms with Gasteiger partial charge in [-0.3, -0.25) is 14.5 Å². The second-order valence-corrected chi connectivity index (χ2v) is 8.75. The van der Waals surface area contributed by atoms with E-state index < -0.39 is 0 Å². The Hall–Kier alpha value is -3.83. The Balaban J connectivity index is 1.34. The number of rotatable bonds is 6. The SMILES string of the molecule is O=C1S/C(=C\c2ccccc2OCc2ccc3ccccc3c2)C(=O)N1Cc1ccccc1. The number of carbonyl (C=O) groups is 2. The van der Waals surface area contributed by atoms with Gasteiger partial charge >= 0.3 is 0 Å². The summed E-state index contributed by atoms with van der Waals surface area (Å²) in [6, 6.07) is 31.5. The number of benzene rings is 4. The van der Waals surface area contributed by atoms with Gasteiger partial charge in [-0.2, -0.15) is 0 Å². The lowest BCUT2D eigenvalue weighted by molar-refractivity contribution is -0.123. The smallest absolute Gasteiger partial charge is 0.293 e. The highest BCUT2D eigenvalue weighted by atomic mass is 32.2. The van der Waals surface area contributed by atoms with Crippen LogP contribution in [0.15, 0.2) is 102 Å². The van der Waals surface area contributed by atoms with E-state index in [-0.39, 0.29) is 17.7 Å². The third-order valence-electron chi connectivity index (χ3n) is 5.47. The molecule has 33 heavy (non-hydrogen) atoms. The summed E-state index contributed by atoms with van der Waals surface area (Å²) in [4.78, 5) is 27.1. The maximum atomic E-state index is 12.9. The minimum Gasteiger partial charge on any atom is -0.488 e. The van der Waals surface area contributed by atoms with E-state index in [0.29, 0.717) is 17.3 Å². The zero-order chi connectivity index (χ0) is 22.6. The average Bonchev–Trinajstić information content (AvgIpc) is 3.11. The Kier molecular flexibility index (Phi) is 5.96. The Morgan fingerprint density at radius 2 is 1.48 bits per heavy atom. The topological polar surface area (TPSA) is 46.6 Å². The summed E-state index contributed by atoms with van der Waals surface area (Å²) in [5, 5.41) is 2.09. The van der Waals surface area contributed by atoms with E-state index in [4.69, 9.17) is 4.74 Å². The summed E-state index contributed by atoms with van der Waals surface area (Å²) in [5.41, 5.74) is 2.75. The van der Waals surface area contributed by atoms with Gasteiger partial charge in [0.1, 0.15) is 12.4 Å². The van der Waals surface area contributed by atoms with Crippen molar-refractivity contribution in [2.45, 2.75) is 13.2 Å². The lowest BCUT2D eigenvalue weighted by Gasteiger charge is -2.12. The Morgan fingerprint density at radius 1 is 0.758 bits per heavy atom. The van der Waals surface area contributed by atoms with Crippen LogP contribution in [0, 0.1) is 0 Å². The third-order valence-corrected chi connectivity index (χ3v) is 6.38. The first-order valence-corrected chi connectivity index (χ1v) is 11.5. The van der Waals surface area contributed by atoms with Gasteiger partial charge in [-0.15, -0.1) is 0 Å². The molecular formula is C28H21NO3S. The summed E-state index contributed by atoms with van der Waals surface area (Å²) in [7, 11) is 0. The molecular weight excluding hydrogens is 430 g/mol. The second kappa shape index (κ2) is 9.35. The highest BCUT2D eigenvalue weighted by molar-refractivity contribution is 8.18. The van der Waals surface area contributed by atoms with E-state index in [9.17, 15) is 9.59 Å². The largest absolute Gasteiger partial charge is 0.488 e. The predicted octanol–water partition coefficient (Wildman–Crippen LogP) is 6.66. The minimum atomic E-state index is -0.279. The van der Waals surface area contributed by atoms with Crippen molar-refractivity contribution in [3.05, 3.63) is 119 Å². The van der Waals surface area contributed by atoms with Crippen molar-refractivity contribution in [2.75, 3.05) is 0 Å². The van der Waals surface area contributed by atoms with Crippen molar-refractivity contribution < 1.29 is 14.3 Å². The van der Waals surface area contributed by atoms with Gasteiger partial charge in [0.25, 0.3) is 11.1 Å². The van der Waals surface area contributed by atoms with Crippen molar-refractivity contribution in [1.29, 1.82) is 0 Å². The molecule has 0 bridgehead atoms. The Morgan fingerprint density at radius 3 is 2.33 bits per heavy atom. The number of hydrogen-bond acceptors (Lipinski definition) is 4. The molecule has 1 heterocycles. The van der Waals surface area contributed by atoms with Gasteiger partial charge in [0.15, 0.2) is 0 Å². The van der Waals surface area contributed by atoms with Crippen molar-refractivity contribution in [2.24, 2.45) is 0 Å². The Labute approximate surface area is 196 Å². The van der Waals surface area contributed by atoms with Crippen molar-refractivity contribution in [3.63, 3.8) is 0 Å². The van der Waals surface area contributed by atoms with Crippen LogP contribution < -0.4 is 4.74 Å². The maximum absolute atomic E-state index is 12.9. The number of thioether (sulfide) groups is 1. The van der Waals surface area contributed by atoms with Crippen LogP contribution in [-0.4, -0.2) is 16.0 Å². The van der Waals surface area contributed by atoms with Gasteiger partial charge < -0.3 is 4.74 Å². The second-order valence-electron chi connectivity index (χ2n) is 7.76. The summed E-state index contributed by atoms with van der Waals surface area (Å²) in [6.07, 6.45) is 1.74. The monoisotopic (exact) mass is 451 g/mol. The molecule has 1 saturated heterocycles. The molecule has 4 aromatic rings. The van der Waals surface area contributed by atoms with Crippen LogP contribution in [-0.2, 0) is 17.9 Å². The summed E-state index contributed by atoms with van der Waals surface area (Å²) < 4.78 is 6.10. The van der Waals surface area contributed by atoms with Gasteiger partial charge in [0, 0.05) is 5.56 Å². The molecule has 0 atom stereocenters. The molecule has 0 radical (unpaired) electrons. The fourth-order valence-corrected chi connectivity index (χ4v) is 4.59. The molecule has 1 aliphatic heterocycles. The molecule has 0 spiro atoms. The van der Waals surface area contributed by atoms with E-state index in [1.54, 1.807) is 6.08 Å². The van der Waals surface area contributed by atoms with Gasteiger partial charge in [0.05, 0.1) is 11.4 Å². The highest BCUT2D eigenvalue weighted by Gasteiger charge is 2.35. The quantitative estimate of drug-likeness (QED) is 0.308. The number of para-hydroxylation sites is 1. The van der Waals surface area contributed by atoms with Crippen LogP contribution >= 0.6 is 11.8 Å². The van der Waals surface area contributed by atoms with Crippen LogP contribution in [0.5, 0.6) is 5.75 Å². The first kappa shape index (κ1) is 21.0. The molecule has 2 amide bonds.